The van der Waals surface area contributed by atoms with E-state index in [-0.39, 0.29) is 12.1 Å². The van der Waals surface area contributed by atoms with Gasteiger partial charge in [-0.05, 0) is 18.2 Å². The van der Waals surface area contributed by atoms with Gasteiger partial charge in [-0.15, -0.1) is 0 Å². The second-order valence-corrected chi connectivity index (χ2v) is 5.31. The Balaban J connectivity index is 1.83. The molecule has 0 aromatic carbocycles. The minimum atomic E-state index is -1.16. The zero-order valence-corrected chi connectivity index (χ0v) is 13.4. The molecule has 0 aliphatic heterocycles. The Kier molecular flexibility index (Phi) is 4.83. The highest BCUT2D eigenvalue weighted by Crippen LogP contribution is 2.09. The number of hydrogen-bond donors (Lipinski definition) is 2. The molecule has 0 saturated carbocycles. The number of carbonyl (C=O) groups is 3. The molecule has 26 heavy (non-hydrogen) atoms. The summed E-state index contributed by atoms with van der Waals surface area (Å²) >= 11 is 0. The van der Waals surface area contributed by atoms with Crippen molar-refractivity contribution in [3.8, 4) is 5.82 Å². The van der Waals surface area contributed by atoms with Crippen molar-refractivity contribution in [2.75, 3.05) is 0 Å². The molecule has 0 spiro atoms. The molecule has 2 amide bonds. The van der Waals surface area contributed by atoms with Crippen molar-refractivity contribution in [2.24, 2.45) is 5.73 Å². The van der Waals surface area contributed by atoms with Crippen LogP contribution in [0.3, 0.4) is 0 Å². The lowest BCUT2D eigenvalue weighted by Crippen LogP contribution is -2.47. The lowest BCUT2D eigenvalue weighted by atomic mass is 10.0. The Morgan fingerprint density at radius 3 is 2.73 bits per heavy atom. The Morgan fingerprint density at radius 1 is 1.23 bits per heavy atom. The van der Waals surface area contributed by atoms with E-state index in [2.05, 4.69) is 20.6 Å². The highest BCUT2D eigenvalue weighted by molar-refractivity contribution is 6.38. The fourth-order valence-corrected chi connectivity index (χ4v) is 2.31. The Labute approximate surface area is 147 Å². The number of hydrogen-bond acceptors (Lipinski definition) is 7. The molecule has 0 bridgehead atoms. The largest absolute Gasteiger partial charge is 0.364 e. The zero-order valence-electron chi connectivity index (χ0n) is 13.4. The number of nitrogens with two attached hydrogens (primary N) is 1. The Bertz CT molecular complexity index is 919. The van der Waals surface area contributed by atoms with Crippen LogP contribution in [0.15, 0.2) is 53.6 Å². The van der Waals surface area contributed by atoms with Gasteiger partial charge >= 0.3 is 0 Å². The molecule has 10 nitrogen and oxygen atoms in total. The molecule has 3 heterocycles. The maximum atomic E-state index is 12.6. The maximum Gasteiger partial charge on any atom is 0.287 e. The third kappa shape index (κ3) is 3.64. The van der Waals surface area contributed by atoms with Crippen molar-refractivity contribution < 1.29 is 18.9 Å². The van der Waals surface area contributed by atoms with Gasteiger partial charge in [-0.1, -0.05) is 11.2 Å². The summed E-state index contributed by atoms with van der Waals surface area (Å²) in [6.07, 6.45) is 5.68. The molecule has 0 aliphatic rings. The highest BCUT2D eigenvalue weighted by atomic mass is 16.5. The number of carbonyl (C=O) groups excluding carboxylic acids is 3. The van der Waals surface area contributed by atoms with Crippen LogP contribution in [0.4, 0.5) is 0 Å². The number of rotatable bonds is 7. The van der Waals surface area contributed by atoms with E-state index in [1.54, 1.807) is 24.4 Å². The smallest absolute Gasteiger partial charge is 0.287 e. The monoisotopic (exact) mass is 354 g/mol. The van der Waals surface area contributed by atoms with Crippen molar-refractivity contribution >= 4 is 17.6 Å². The number of ketones is 1. The van der Waals surface area contributed by atoms with Gasteiger partial charge in [-0.3, -0.25) is 14.4 Å². The molecule has 10 heteroatoms. The van der Waals surface area contributed by atoms with Crippen LogP contribution >= 0.6 is 0 Å². The second kappa shape index (κ2) is 7.38. The highest BCUT2D eigenvalue weighted by Gasteiger charge is 2.27. The van der Waals surface area contributed by atoms with Gasteiger partial charge in [-0.25, -0.2) is 9.67 Å². The molecular weight excluding hydrogens is 340 g/mol. The predicted molar refractivity (Wildman–Crippen MR) is 87.0 cm³/mol. The quantitative estimate of drug-likeness (QED) is 0.551. The number of primary amides is 1. The van der Waals surface area contributed by atoms with Crippen LogP contribution in [-0.2, 0) is 16.0 Å². The van der Waals surface area contributed by atoms with Crippen LogP contribution in [0.2, 0.25) is 0 Å². The summed E-state index contributed by atoms with van der Waals surface area (Å²) in [5, 5.41) is 10.1. The normalized spacial score (nSPS) is 11.7. The average Bonchev–Trinajstić information content (AvgIpc) is 3.32. The van der Waals surface area contributed by atoms with E-state index in [0.29, 0.717) is 11.4 Å². The van der Waals surface area contributed by atoms with Crippen LogP contribution in [0, 0.1) is 0 Å². The molecule has 0 fully saturated rings. The summed E-state index contributed by atoms with van der Waals surface area (Å²) in [5.41, 5.74) is 5.75. The molecule has 3 aromatic rings. The molecule has 3 N–H and O–H groups in total. The minimum Gasteiger partial charge on any atom is -0.364 e. The van der Waals surface area contributed by atoms with E-state index in [9.17, 15) is 14.4 Å². The first-order valence-corrected chi connectivity index (χ1v) is 7.54. The van der Waals surface area contributed by atoms with Crippen molar-refractivity contribution in [1.82, 2.24) is 25.2 Å². The van der Waals surface area contributed by atoms with Gasteiger partial charge in [-0.2, -0.15) is 5.10 Å². The predicted octanol–water partition coefficient (Wildman–Crippen LogP) is -0.349. The van der Waals surface area contributed by atoms with Gasteiger partial charge < -0.3 is 15.6 Å². The summed E-state index contributed by atoms with van der Waals surface area (Å²) < 4.78 is 6.02. The van der Waals surface area contributed by atoms with Gasteiger partial charge in [0, 0.05) is 18.2 Å². The fourth-order valence-electron chi connectivity index (χ4n) is 2.31. The SMILES string of the molecule is NC(=O)C(=O)C(Cc1cnoc1)NC(=O)c1ccnn1-c1ccccn1. The van der Waals surface area contributed by atoms with Crippen molar-refractivity contribution in [1.29, 1.82) is 0 Å². The van der Waals surface area contributed by atoms with Crippen molar-refractivity contribution in [2.45, 2.75) is 12.5 Å². The average molecular weight is 354 g/mol. The minimum absolute atomic E-state index is 0.00867. The van der Waals surface area contributed by atoms with Crippen LogP contribution < -0.4 is 11.1 Å². The first-order valence-electron chi connectivity index (χ1n) is 7.54. The number of pyridine rings is 1. The lowest BCUT2D eigenvalue weighted by Gasteiger charge is -2.15. The number of Topliss-reactive ketones (excluding diaryl/α,β-unsaturated/α-hetero) is 1. The van der Waals surface area contributed by atoms with Gasteiger partial charge in [0.25, 0.3) is 11.8 Å². The van der Waals surface area contributed by atoms with Crippen LogP contribution in [0.25, 0.3) is 5.82 Å². The zero-order chi connectivity index (χ0) is 18.5. The summed E-state index contributed by atoms with van der Waals surface area (Å²) in [4.78, 5) is 40.1. The van der Waals surface area contributed by atoms with Crippen molar-refractivity contribution in [3.05, 3.63) is 60.4 Å². The van der Waals surface area contributed by atoms with E-state index >= 15 is 0 Å². The number of nitrogens with one attached hydrogen (secondary N) is 1. The molecule has 0 radical (unpaired) electrons. The maximum absolute atomic E-state index is 12.6. The van der Waals surface area contributed by atoms with Crippen molar-refractivity contribution in [3.63, 3.8) is 0 Å². The molecule has 3 aromatic heterocycles. The summed E-state index contributed by atoms with van der Waals surface area (Å²) in [7, 11) is 0. The molecule has 0 saturated heterocycles. The van der Waals surface area contributed by atoms with E-state index in [4.69, 9.17) is 10.3 Å². The number of nitrogens with zero attached hydrogens (tertiary/aromatic N) is 4. The third-order valence-electron chi connectivity index (χ3n) is 3.53. The molecule has 132 valence electrons. The van der Waals surface area contributed by atoms with E-state index in [1.165, 1.54) is 29.4 Å². The van der Waals surface area contributed by atoms with Crippen LogP contribution in [-0.4, -0.2) is 43.6 Å². The lowest BCUT2D eigenvalue weighted by molar-refractivity contribution is -0.137. The molecule has 0 aliphatic carbocycles. The first-order chi connectivity index (χ1) is 12.6. The van der Waals surface area contributed by atoms with Gasteiger partial charge in [0.1, 0.15) is 18.0 Å². The Morgan fingerprint density at radius 2 is 2.08 bits per heavy atom. The first kappa shape index (κ1) is 17.0. The molecule has 1 atom stereocenters. The molecule has 1 unspecified atom stereocenters. The van der Waals surface area contributed by atoms with Gasteiger partial charge in [0.05, 0.1) is 12.4 Å². The summed E-state index contributed by atoms with van der Waals surface area (Å²) in [6, 6.07) is 5.46. The summed E-state index contributed by atoms with van der Waals surface area (Å²) in [5.74, 6) is -2.25. The number of aromatic nitrogens is 4. The van der Waals surface area contributed by atoms with Gasteiger partial charge in [0.15, 0.2) is 5.82 Å². The topological polar surface area (TPSA) is 146 Å². The van der Waals surface area contributed by atoms with E-state index in [1.807, 2.05) is 0 Å². The number of amides is 2. The second-order valence-electron chi connectivity index (χ2n) is 5.31. The van der Waals surface area contributed by atoms with Crippen LogP contribution in [0.1, 0.15) is 16.1 Å². The molecular formula is C16H14N6O4. The Hall–Kier alpha value is -3.82. The fraction of sp³-hybridized carbons (Fsp3) is 0.125. The van der Waals surface area contributed by atoms with Crippen LogP contribution in [0.5, 0.6) is 0 Å². The third-order valence-corrected chi connectivity index (χ3v) is 3.53. The standard InChI is InChI=1S/C16H14N6O4/c17-15(24)14(23)11(7-10-8-20-26-9-10)21-16(25)12-4-6-19-22(12)13-3-1-2-5-18-13/h1-6,8-9,11H,7H2,(H2,17,24)(H,21,25). The summed E-state index contributed by atoms with van der Waals surface area (Å²) in [6.45, 7) is 0. The molecule has 3 rings (SSSR count). The van der Waals surface area contributed by atoms with E-state index in [0.717, 1.165) is 0 Å². The van der Waals surface area contributed by atoms with E-state index < -0.39 is 23.6 Å². The van der Waals surface area contributed by atoms with Gasteiger partial charge in [0.2, 0.25) is 5.78 Å².